The fraction of sp³-hybridized carbons (Fsp3) is 0.318. The van der Waals surface area contributed by atoms with E-state index < -0.39 is 23.6 Å². The van der Waals surface area contributed by atoms with E-state index in [1.807, 2.05) is 31.2 Å². The van der Waals surface area contributed by atoms with Gasteiger partial charge in [-0.05, 0) is 44.7 Å². The number of benzene rings is 1. The molecular weight excluding hydrogens is 432 g/mol. The van der Waals surface area contributed by atoms with Gasteiger partial charge in [-0.1, -0.05) is 29.4 Å². The minimum absolute atomic E-state index is 0.00192. The highest BCUT2D eigenvalue weighted by atomic mass is 16.6. The molecule has 1 atom stereocenters. The van der Waals surface area contributed by atoms with Crippen molar-refractivity contribution in [1.29, 1.82) is 0 Å². The topological polar surface area (TPSA) is 154 Å². The number of aromatic nitrogens is 3. The largest absolute Gasteiger partial charge is 0.480 e. The van der Waals surface area contributed by atoms with E-state index in [0.29, 0.717) is 18.6 Å². The van der Waals surface area contributed by atoms with Crippen LogP contribution < -0.4 is 5.32 Å². The van der Waals surface area contributed by atoms with E-state index >= 15 is 0 Å². The van der Waals surface area contributed by atoms with Crippen molar-refractivity contribution in [2.75, 3.05) is 5.32 Å². The third-order valence-electron chi connectivity index (χ3n) is 5.75. The molecule has 0 radical (unpaired) electrons. The maximum atomic E-state index is 12.5. The first kappa shape index (κ1) is 20.7. The minimum Gasteiger partial charge on any atom is -0.480 e. The summed E-state index contributed by atoms with van der Waals surface area (Å²) >= 11 is 0. The highest BCUT2D eigenvalue weighted by Gasteiger charge is 2.56. The summed E-state index contributed by atoms with van der Waals surface area (Å²) < 4.78 is 21.8. The van der Waals surface area contributed by atoms with E-state index in [2.05, 4.69) is 20.4 Å². The molecule has 5 rings (SSSR count). The van der Waals surface area contributed by atoms with Gasteiger partial charge in [0.25, 0.3) is 5.89 Å². The second kappa shape index (κ2) is 7.47. The van der Waals surface area contributed by atoms with Gasteiger partial charge in [0.1, 0.15) is 17.2 Å². The molecular formula is C22H20N4O7. The van der Waals surface area contributed by atoms with Crippen molar-refractivity contribution < 1.29 is 32.8 Å². The van der Waals surface area contributed by atoms with Crippen LogP contribution >= 0.6 is 0 Å². The molecule has 0 aliphatic heterocycles. The second-order valence-electron chi connectivity index (χ2n) is 8.03. The number of nitrogens with one attached hydrogen (secondary N) is 1. The van der Waals surface area contributed by atoms with Gasteiger partial charge in [0, 0.05) is 0 Å². The number of aliphatic carboxylic acids is 1. The normalized spacial score (nSPS) is 15.4. The van der Waals surface area contributed by atoms with E-state index in [4.69, 9.17) is 18.1 Å². The van der Waals surface area contributed by atoms with Crippen molar-refractivity contribution >= 4 is 29.2 Å². The number of fused-ring (bicyclic) bond motifs is 1. The molecule has 1 aliphatic rings. The predicted octanol–water partition coefficient (Wildman–Crippen LogP) is 4.51. The number of carboxylic acids is 1. The van der Waals surface area contributed by atoms with E-state index in [0.717, 1.165) is 11.1 Å². The molecule has 1 unspecified atom stereocenters. The standard InChI is InChI=1S/C22H20N4O7/c1-10-6-4-5-7-13(10)11(2)30-21(29)23-14-12(3)33-26-15(14)17-24-16-18(31-17)32-19(25-16)22(8-9-22)20(27)28/h4-7,11H,8-9H2,1-3H3,(H,23,29)(H,27,28). The quantitative estimate of drug-likeness (QED) is 0.427. The first-order valence-corrected chi connectivity index (χ1v) is 10.3. The van der Waals surface area contributed by atoms with E-state index in [9.17, 15) is 14.7 Å². The number of amides is 1. The van der Waals surface area contributed by atoms with Crippen LogP contribution in [0.2, 0.25) is 0 Å². The summed E-state index contributed by atoms with van der Waals surface area (Å²) in [5.41, 5.74) is 1.24. The molecule has 4 aromatic rings. The van der Waals surface area contributed by atoms with Gasteiger partial charge >= 0.3 is 17.8 Å². The van der Waals surface area contributed by atoms with Gasteiger partial charge in [0.15, 0.2) is 11.5 Å². The van der Waals surface area contributed by atoms with Crippen LogP contribution in [0.25, 0.3) is 23.0 Å². The Labute approximate surface area is 186 Å². The number of nitrogens with zero attached hydrogens (tertiary/aromatic N) is 3. The van der Waals surface area contributed by atoms with Crippen molar-refractivity contribution in [3.63, 3.8) is 0 Å². The highest BCUT2D eigenvalue weighted by molar-refractivity contribution is 5.90. The lowest BCUT2D eigenvalue weighted by Crippen LogP contribution is -2.19. The first-order valence-electron chi connectivity index (χ1n) is 10.3. The zero-order valence-corrected chi connectivity index (χ0v) is 18.0. The van der Waals surface area contributed by atoms with Crippen LogP contribution in [0.15, 0.2) is 37.6 Å². The van der Waals surface area contributed by atoms with Crippen LogP contribution in [-0.4, -0.2) is 32.3 Å². The smallest absolute Gasteiger partial charge is 0.412 e. The molecule has 11 heteroatoms. The first-order chi connectivity index (χ1) is 15.8. The predicted molar refractivity (Wildman–Crippen MR) is 113 cm³/mol. The van der Waals surface area contributed by atoms with Crippen LogP contribution in [0.4, 0.5) is 10.5 Å². The molecule has 33 heavy (non-hydrogen) atoms. The highest BCUT2D eigenvalue weighted by Crippen LogP contribution is 2.48. The van der Waals surface area contributed by atoms with Gasteiger partial charge in [-0.2, -0.15) is 9.97 Å². The molecule has 0 bridgehead atoms. The fourth-order valence-corrected chi connectivity index (χ4v) is 3.66. The molecule has 3 heterocycles. The summed E-state index contributed by atoms with van der Waals surface area (Å²) in [7, 11) is 0. The molecule has 170 valence electrons. The van der Waals surface area contributed by atoms with Gasteiger partial charge in [-0.3, -0.25) is 10.1 Å². The van der Waals surface area contributed by atoms with Gasteiger partial charge < -0.3 is 23.2 Å². The second-order valence-corrected chi connectivity index (χ2v) is 8.03. The monoisotopic (exact) mass is 452 g/mol. The lowest BCUT2D eigenvalue weighted by molar-refractivity contribution is -0.140. The zero-order chi connectivity index (χ0) is 23.3. The number of anilines is 1. The number of ether oxygens (including phenoxy) is 1. The van der Waals surface area contributed by atoms with Gasteiger partial charge in [-0.15, -0.1) is 0 Å². The summed E-state index contributed by atoms with van der Waals surface area (Å²) in [6, 6.07) is 7.62. The number of carboxylic acid groups (broad SMARTS) is 1. The van der Waals surface area contributed by atoms with E-state index in [-0.39, 0.29) is 34.6 Å². The zero-order valence-electron chi connectivity index (χ0n) is 18.0. The third-order valence-corrected chi connectivity index (χ3v) is 5.75. The van der Waals surface area contributed by atoms with Crippen molar-refractivity contribution in [1.82, 2.24) is 15.1 Å². The summed E-state index contributed by atoms with van der Waals surface area (Å²) in [6.45, 7) is 5.33. The molecule has 0 spiro atoms. The van der Waals surface area contributed by atoms with Crippen molar-refractivity contribution in [2.45, 2.75) is 45.1 Å². The molecule has 1 fully saturated rings. The Hall–Kier alpha value is -4.15. The summed E-state index contributed by atoms with van der Waals surface area (Å²) in [4.78, 5) is 32.4. The van der Waals surface area contributed by atoms with Crippen molar-refractivity contribution in [3.05, 3.63) is 47.0 Å². The molecule has 1 aromatic carbocycles. The summed E-state index contributed by atoms with van der Waals surface area (Å²) in [5.74, 6) is -0.649. The van der Waals surface area contributed by atoms with Crippen LogP contribution in [0.1, 0.15) is 48.6 Å². The Kier molecular flexibility index (Phi) is 4.69. The van der Waals surface area contributed by atoms with Gasteiger partial charge in [0.05, 0.1) is 0 Å². The Balaban J connectivity index is 1.36. The molecule has 1 amide bonds. The Morgan fingerprint density at radius 1 is 1.18 bits per heavy atom. The Morgan fingerprint density at radius 2 is 1.94 bits per heavy atom. The van der Waals surface area contributed by atoms with E-state index in [1.165, 1.54) is 0 Å². The molecule has 3 aromatic heterocycles. The number of oxazole rings is 2. The van der Waals surface area contributed by atoms with Crippen molar-refractivity contribution in [2.24, 2.45) is 0 Å². The van der Waals surface area contributed by atoms with Crippen molar-refractivity contribution in [3.8, 4) is 11.6 Å². The Bertz CT molecular complexity index is 1350. The van der Waals surface area contributed by atoms with Gasteiger partial charge in [0.2, 0.25) is 11.5 Å². The number of carbonyl (C=O) groups excluding carboxylic acids is 1. The average molecular weight is 452 g/mol. The number of hydrogen-bond acceptors (Lipinski definition) is 9. The Morgan fingerprint density at radius 3 is 2.61 bits per heavy atom. The lowest BCUT2D eigenvalue weighted by Gasteiger charge is -2.16. The number of hydrogen-bond donors (Lipinski definition) is 2. The lowest BCUT2D eigenvalue weighted by atomic mass is 10.1. The van der Waals surface area contributed by atoms with E-state index in [1.54, 1.807) is 13.8 Å². The molecule has 1 aliphatic carbocycles. The average Bonchev–Trinajstić information content (AvgIpc) is 3.18. The summed E-state index contributed by atoms with van der Waals surface area (Å²) in [6.07, 6.45) is -0.299. The molecule has 2 N–H and O–H groups in total. The third kappa shape index (κ3) is 3.51. The fourth-order valence-electron chi connectivity index (χ4n) is 3.66. The number of rotatable bonds is 6. The van der Waals surface area contributed by atoms with Gasteiger partial charge in [-0.25, -0.2) is 4.79 Å². The molecule has 0 saturated heterocycles. The number of aryl methyl sites for hydroxylation is 2. The molecule has 1 saturated carbocycles. The van der Waals surface area contributed by atoms with Crippen LogP contribution in [0.3, 0.4) is 0 Å². The SMILES string of the molecule is Cc1ccccc1C(C)OC(=O)Nc1c(-c2nc3nc(C4(C(=O)O)CC4)oc3o2)noc1C. The maximum absolute atomic E-state index is 12.5. The molecule has 11 nitrogen and oxygen atoms in total. The number of carbonyl (C=O) groups is 2. The van der Waals surface area contributed by atoms with Crippen LogP contribution in [0.5, 0.6) is 0 Å². The minimum atomic E-state index is -1.11. The van der Waals surface area contributed by atoms with Crippen LogP contribution in [0, 0.1) is 13.8 Å². The summed E-state index contributed by atoms with van der Waals surface area (Å²) in [5, 5.41) is 15.9. The van der Waals surface area contributed by atoms with Crippen LogP contribution in [-0.2, 0) is 14.9 Å². The maximum Gasteiger partial charge on any atom is 0.412 e.